The summed E-state index contributed by atoms with van der Waals surface area (Å²) in [5, 5.41) is 15.2. The second kappa shape index (κ2) is 4.38. The Labute approximate surface area is 94.3 Å². The molecule has 2 heterocycles. The maximum absolute atomic E-state index is 4.44. The van der Waals surface area contributed by atoms with Crippen molar-refractivity contribution in [1.82, 2.24) is 25.4 Å². The van der Waals surface area contributed by atoms with E-state index in [1.165, 1.54) is 0 Å². The fourth-order valence-electron chi connectivity index (χ4n) is 1.54. The van der Waals surface area contributed by atoms with E-state index < -0.39 is 0 Å². The average Bonchev–Trinajstić information content (AvgIpc) is 2.71. The highest BCUT2D eigenvalue weighted by Crippen LogP contribution is 2.18. The molecule has 0 aliphatic heterocycles. The van der Waals surface area contributed by atoms with Gasteiger partial charge in [-0.15, -0.1) is 0 Å². The molecule has 16 heavy (non-hydrogen) atoms. The third-order valence-electron chi connectivity index (χ3n) is 2.36. The number of rotatable bonds is 3. The summed E-state index contributed by atoms with van der Waals surface area (Å²) in [6.45, 7) is 5.94. The zero-order valence-electron chi connectivity index (χ0n) is 9.78. The Morgan fingerprint density at radius 1 is 1.25 bits per heavy atom. The maximum Gasteiger partial charge on any atom is 0.183 e. The lowest BCUT2D eigenvalue weighted by molar-refractivity contribution is 0.841. The van der Waals surface area contributed by atoms with Crippen LogP contribution in [0.1, 0.15) is 30.6 Å². The van der Waals surface area contributed by atoms with Gasteiger partial charge in [0.25, 0.3) is 0 Å². The Morgan fingerprint density at radius 2 is 2.06 bits per heavy atom. The van der Waals surface area contributed by atoms with Gasteiger partial charge in [-0.2, -0.15) is 15.3 Å². The molecule has 0 radical (unpaired) electrons. The highest BCUT2D eigenvalue weighted by molar-refractivity contribution is 5.57. The third-order valence-corrected chi connectivity index (χ3v) is 2.36. The van der Waals surface area contributed by atoms with Crippen molar-refractivity contribution in [3.8, 4) is 11.4 Å². The summed E-state index contributed by atoms with van der Waals surface area (Å²) < 4.78 is 0. The van der Waals surface area contributed by atoms with Gasteiger partial charge in [0.1, 0.15) is 5.82 Å². The highest BCUT2D eigenvalue weighted by atomic mass is 15.2. The van der Waals surface area contributed by atoms with Crippen LogP contribution in [0.2, 0.25) is 0 Å². The molecule has 5 heteroatoms. The number of nitrogens with zero attached hydrogens (tertiary/aromatic N) is 4. The van der Waals surface area contributed by atoms with Crippen molar-refractivity contribution in [3.05, 3.63) is 23.3 Å². The molecule has 0 bridgehead atoms. The molecule has 5 nitrogen and oxygen atoms in total. The SMILES string of the molecule is CCCc1nc(-c2cc(C)nnc2C)n[nH]1. The van der Waals surface area contributed by atoms with Gasteiger partial charge in [-0.25, -0.2) is 4.98 Å². The Kier molecular flexibility index (Phi) is 2.94. The second-order valence-electron chi connectivity index (χ2n) is 3.84. The topological polar surface area (TPSA) is 67.3 Å². The first-order chi connectivity index (χ1) is 7.70. The van der Waals surface area contributed by atoms with Crippen molar-refractivity contribution in [2.24, 2.45) is 0 Å². The minimum Gasteiger partial charge on any atom is -0.263 e. The van der Waals surface area contributed by atoms with Crippen molar-refractivity contribution in [3.63, 3.8) is 0 Å². The number of aromatic amines is 1. The van der Waals surface area contributed by atoms with E-state index in [0.29, 0.717) is 5.82 Å². The number of nitrogens with one attached hydrogen (secondary N) is 1. The summed E-state index contributed by atoms with van der Waals surface area (Å²) in [6.07, 6.45) is 1.98. The summed E-state index contributed by atoms with van der Waals surface area (Å²) in [7, 11) is 0. The summed E-state index contributed by atoms with van der Waals surface area (Å²) in [6, 6.07) is 1.96. The Hall–Kier alpha value is -1.78. The van der Waals surface area contributed by atoms with Crippen LogP contribution >= 0.6 is 0 Å². The van der Waals surface area contributed by atoms with Crippen molar-refractivity contribution >= 4 is 0 Å². The predicted molar refractivity (Wildman–Crippen MR) is 60.9 cm³/mol. The highest BCUT2D eigenvalue weighted by Gasteiger charge is 2.09. The van der Waals surface area contributed by atoms with E-state index in [-0.39, 0.29) is 0 Å². The van der Waals surface area contributed by atoms with Gasteiger partial charge >= 0.3 is 0 Å². The molecule has 2 aromatic rings. The van der Waals surface area contributed by atoms with E-state index in [1.807, 2.05) is 19.9 Å². The molecule has 0 fully saturated rings. The molecule has 0 unspecified atom stereocenters. The van der Waals surface area contributed by atoms with E-state index >= 15 is 0 Å². The fourth-order valence-corrected chi connectivity index (χ4v) is 1.54. The van der Waals surface area contributed by atoms with Gasteiger partial charge in [0.2, 0.25) is 0 Å². The number of H-pyrrole nitrogens is 1. The minimum atomic E-state index is 0.707. The first kappa shape index (κ1) is 10.7. The van der Waals surface area contributed by atoms with Crippen LogP contribution in [0.5, 0.6) is 0 Å². The van der Waals surface area contributed by atoms with Crippen LogP contribution in [0.3, 0.4) is 0 Å². The van der Waals surface area contributed by atoms with Gasteiger partial charge in [-0.1, -0.05) is 6.92 Å². The van der Waals surface area contributed by atoms with Crippen molar-refractivity contribution in [2.75, 3.05) is 0 Å². The zero-order valence-corrected chi connectivity index (χ0v) is 9.78. The molecule has 2 rings (SSSR count). The van der Waals surface area contributed by atoms with Crippen molar-refractivity contribution < 1.29 is 0 Å². The molecular weight excluding hydrogens is 202 g/mol. The van der Waals surface area contributed by atoms with Gasteiger partial charge in [-0.3, -0.25) is 5.10 Å². The van der Waals surface area contributed by atoms with Crippen LogP contribution < -0.4 is 0 Å². The lowest BCUT2D eigenvalue weighted by Gasteiger charge is -1.99. The lowest BCUT2D eigenvalue weighted by atomic mass is 10.2. The van der Waals surface area contributed by atoms with Crippen molar-refractivity contribution in [1.29, 1.82) is 0 Å². The fraction of sp³-hybridized carbons (Fsp3) is 0.455. The zero-order chi connectivity index (χ0) is 11.5. The van der Waals surface area contributed by atoms with Gasteiger partial charge in [0, 0.05) is 12.0 Å². The van der Waals surface area contributed by atoms with Gasteiger partial charge in [0.15, 0.2) is 5.82 Å². The van der Waals surface area contributed by atoms with E-state index in [4.69, 9.17) is 0 Å². The Morgan fingerprint density at radius 3 is 2.81 bits per heavy atom. The molecule has 84 valence electrons. The lowest BCUT2D eigenvalue weighted by Crippen LogP contribution is -1.95. The number of aromatic nitrogens is 5. The number of hydrogen-bond donors (Lipinski definition) is 1. The van der Waals surface area contributed by atoms with Crippen LogP contribution in [0, 0.1) is 13.8 Å². The molecule has 0 aliphatic carbocycles. The van der Waals surface area contributed by atoms with E-state index in [9.17, 15) is 0 Å². The first-order valence-corrected chi connectivity index (χ1v) is 5.43. The normalized spacial score (nSPS) is 10.7. The number of hydrogen-bond acceptors (Lipinski definition) is 4. The largest absolute Gasteiger partial charge is 0.263 e. The molecule has 2 aromatic heterocycles. The second-order valence-corrected chi connectivity index (χ2v) is 3.84. The molecule has 1 N–H and O–H groups in total. The smallest absolute Gasteiger partial charge is 0.183 e. The van der Waals surface area contributed by atoms with Crippen LogP contribution in [0.4, 0.5) is 0 Å². The first-order valence-electron chi connectivity index (χ1n) is 5.43. The third kappa shape index (κ3) is 2.08. The van der Waals surface area contributed by atoms with Crippen LogP contribution in [0.25, 0.3) is 11.4 Å². The minimum absolute atomic E-state index is 0.707. The van der Waals surface area contributed by atoms with E-state index in [2.05, 4.69) is 32.3 Å². The van der Waals surface area contributed by atoms with Gasteiger partial charge in [-0.05, 0) is 26.3 Å². The van der Waals surface area contributed by atoms with Crippen molar-refractivity contribution in [2.45, 2.75) is 33.6 Å². The maximum atomic E-state index is 4.44. The predicted octanol–water partition coefficient (Wildman–Crippen LogP) is 1.83. The Bertz CT molecular complexity index is 489. The van der Waals surface area contributed by atoms with Gasteiger partial charge in [0.05, 0.1) is 11.4 Å². The summed E-state index contributed by atoms with van der Waals surface area (Å²) in [4.78, 5) is 4.44. The number of aryl methyl sites for hydroxylation is 3. The molecule has 0 spiro atoms. The summed E-state index contributed by atoms with van der Waals surface area (Å²) >= 11 is 0. The summed E-state index contributed by atoms with van der Waals surface area (Å²) in [5.41, 5.74) is 2.68. The monoisotopic (exact) mass is 217 g/mol. The van der Waals surface area contributed by atoms with Crippen LogP contribution in [-0.2, 0) is 6.42 Å². The summed E-state index contributed by atoms with van der Waals surface area (Å²) in [5.74, 6) is 1.63. The standard InChI is InChI=1S/C11H15N5/c1-4-5-10-12-11(16-15-10)9-6-7(2)13-14-8(9)3/h6H,4-5H2,1-3H3,(H,12,15,16). The average molecular weight is 217 g/mol. The quantitative estimate of drug-likeness (QED) is 0.851. The molecule has 0 saturated carbocycles. The van der Waals surface area contributed by atoms with E-state index in [1.54, 1.807) is 0 Å². The molecule has 0 aromatic carbocycles. The van der Waals surface area contributed by atoms with Gasteiger partial charge < -0.3 is 0 Å². The molecular formula is C11H15N5. The molecule has 0 aliphatic rings. The Balaban J connectivity index is 2.38. The molecule has 0 saturated heterocycles. The molecule has 0 atom stereocenters. The van der Waals surface area contributed by atoms with Crippen LogP contribution in [0.15, 0.2) is 6.07 Å². The molecule has 0 amide bonds. The van der Waals surface area contributed by atoms with Crippen LogP contribution in [-0.4, -0.2) is 25.4 Å². The van der Waals surface area contributed by atoms with E-state index in [0.717, 1.165) is 35.6 Å².